The summed E-state index contributed by atoms with van der Waals surface area (Å²) in [6, 6.07) is 5.56. The quantitative estimate of drug-likeness (QED) is 0.830. The molecule has 1 aliphatic carbocycles. The van der Waals surface area contributed by atoms with E-state index in [1.165, 1.54) is 0 Å². The normalized spacial score (nSPS) is 19.2. The molecule has 2 rings (SSSR count). The zero-order valence-electron chi connectivity index (χ0n) is 10.7. The van der Waals surface area contributed by atoms with Gasteiger partial charge >= 0.3 is 5.97 Å². The lowest BCUT2D eigenvalue weighted by molar-refractivity contribution is -0.150. The van der Waals surface area contributed by atoms with Crippen LogP contribution in [0.15, 0.2) is 18.2 Å². The minimum Gasteiger partial charge on any atom is -0.479 e. The standard InChI is InChI=1S/C14H18O4/c1-3-17-14(16)9(2)18-13-6-4-5-10-11(13)7-8-12(10)15/h4-6,9,12,15H,3,7-8H2,1-2H3/t9-,12+/m0/s1. The molecule has 0 heterocycles. The topological polar surface area (TPSA) is 55.8 Å². The molecule has 1 aliphatic rings. The molecule has 0 saturated carbocycles. The Hall–Kier alpha value is -1.55. The van der Waals surface area contributed by atoms with Gasteiger partial charge in [-0.3, -0.25) is 0 Å². The second kappa shape index (κ2) is 5.40. The predicted molar refractivity (Wildman–Crippen MR) is 66.4 cm³/mol. The van der Waals surface area contributed by atoms with E-state index < -0.39 is 12.2 Å². The average Bonchev–Trinajstić information content (AvgIpc) is 2.73. The zero-order valence-corrected chi connectivity index (χ0v) is 10.7. The maximum absolute atomic E-state index is 11.5. The molecule has 0 amide bonds. The van der Waals surface area contributed by atoms with Crippen LogP contribution in [0.5, 0.6) is 5.75 Å². The summed E-state index contributed by atoms with van der Waals surface area (Å²) in [5.41, 5.74) is 1.91. The van der Waals surface area contributed by atoms with Gasteiger partial charge in [0.25, 0.3) is 0 Å². The molecular formula is C14H18O4. The maximum atomic E-state index is 11.5. The van der Waals surface area contributed by atoms with Crippen molar-refractivity contribution in [1.82, 2.24) is 0 Å². The molecule has 0 aliphatic heterocycles. The summed E-state index contributed by atoms with van der Waals surface area (Å²) in [5, 5.41) is 9.79. The second-order valence-corrected chi connectivity index (χ2v) is 4.39. The molecular weight excluding hydrogens is 232 g/mol. The summed E-state index contributed by atoms with van der Waals surface area (Å²) in [6.45, 7) is 3.78. The molecule has 0 aromatic heterocycles. The number of hydrogen-bond donors (Lipinski definition) is 1. The molecule has 0 saturated heterocycles. The second-order valence-electron chi connectivity index (χ2n) is 4.39. The van der Waals surface area contributed by atoms with Crippen LogP contribution in [-0.2, 0) is 16.0 Å². The van der Waals surface area contributed by atoms with Crippen molar-refractivity contribution in [2.24, 2.45) is 0 Å². The van der Waals surface area contributed by atoms with Gasteiger partial charge in [0, 0.05) is 5.56 Å². The number of rotatable bonds is 4. The predicted octanol–water partition coefficient (Wildman–Crippen LogP) is 2.00. The lowest BCUT2D eigenvalue weighted by Crippen LogP contribution is -2.26. The highest BCUT2D eigenvalue weighted by molar-refractivity contribution is 5.74. The number of carbonyl (C=O) groups is 1. The van der Waals surface area contributed by atoms with Gasteiger partial charge in [-0.25, -0.2) is 4.79 Å². The van der Waals surface area contributed by atoms with Crippen molar-refractivity contribution in [3.8, 4) is 5.75 Å². The van der Waals surface area contributed by atoms with Crippen LogP contribution in [0.4, 0.5) is 0 Å². The number of aliphatic hydroxyl groups is 1. The van der Waals surface area contributed by atoms with Crippen molar-refractivity contribution >= 4 is 5.97 Å². The van der Waals surface area contributed by atoms with Gasteiger partial charge in [-0.2, -0.15) is 0 Å². The highest BCUT2D eigenvalue weighted by atomic mass is 16.6. The maximum Gasteiger partial charge on any atom is 0.347 e. The van der Waals surface area contributed by atoms with Gasteiger partial charge in [-0.15, -0.1) is 0 Å². The van der Waals surface area contributed by atoms with Crippen molar-refractivity contribution in [2.45, 2.75) is 38.9 Å². The van der Waals surface area contributed by atoms with Crippen LogP contribution in [0.1, 0.15) is 37.5 Å². The van der Waals surface area contributed by atoms with Gasteiger partial charge in [0.2, 0.25) is 0 Å². The van der Waals surface area contributed by atoms with Crippen LogP contribution in [-0.4, -0.2) is 23.8 Å². The van der Waals surface area contributed by atoms with Crippen LogP contribution < -0.4 is 4.74 Å². The first-order chi connectivity index (χ1) is 8.63. The first-order valence-corrected chi connectivity index (χ1v) is 6.26. The Morgan fingerprint density at radius 1 is 1.56 bits per heavy atom. The van der Waals surface area contributed by atoms with E-state index >= 15 is 0 Å². The van der Waals surface area contributed by atoms with Gasteiger partial charge in [-0.1, -0.05) is 12.1 Å². The average molecular weight is 250 g/mol. The van der Waals surface area contributed by atoms with Crippen molar-refractivity contribution in [3.05, 3.63) is 29.3 Å². The van der Waals surface area contributed by atoms with Crippen LogP contribution in [0.25, 0.3) is 0 Å². The Balaban J connectivity index is 2.13. The third-order valence-corrected chi connectivity index (χ3v) is 3.12. The Kier molecular flexibility index (Phi) is 3.87. The minimum absolute atomic E-state index is 0.345. The van der Waals surface area contributed by atoms with Crippen LogP contribution in [0, 0.1) is 0 Å². The molecule has 0 fully saturated rings. The van der Waals surface area contributed by atoms with Gasteiger partial charge in [0.05, 0.1) is 12.7 Å². The van der Waals surface area contributed by atoms with E-state index in [1.54, 1.807) is 13.8 Å². The Morgan fingerprint density at radius 2 is 2.33 bits per heavy atom. The van der Waals surface area contributed by atoms with Gasteiger partial charge in [-0.05, 0) is 38.3 Å². The summed E-state index contributed by atoms with van der Waals surface area (Å²) in [7, 11) is 0. The number of esters is 1. The lowest BCUT2D eigenvalue weighted by atomic mass is 10.1. The molecule has 0 spiro atoms. The largest absolute Gasteiger partial charge is 0.479 e. The first-order valence-electron chi connectivity index (χ1n) is 6.26. The third kappa shape index (κ3) is 2.48. The Morgan fingerprint density at radius 3 is 3.06 bits per heavy atom. The number of carbonyl (C=O) groups excluding carboxylic acids is 1. The molecule has 18 heavy (non-hydrogen) atoms. The van der Waals surface area contributed by atoms with Crippen LogP contribution in [0.3, 0.4) is 0 Å². The third-order valence-electron chi connectivity index (χ3n) is 3.12. The lowest BCUT2D eigenvalue weighted by Gasteiger charge is -2.16. The summed E-state index contributed by atoms with van der Waals surface area (Å²) in [6.07, 6.45) is 0.446. The molecule has 0 bridgehead atoms. The fourth-order valence-corrected chi connectivity index (χ4v) is 2.21. The van der Waals surface area contributed by atoms with E-state index in [9.17, 15) is 9.90 Å². The first kappa shape index (κ1) is 12.9. The monoisotopic (exact) mass is 250 g/mol. The van der Waals surface area contributed by atoms with Gasteiger partial charge in [0.15, 0.2) is 6.10 Å². The van der Waals surface area contributed by atoms with Gasteiger partial charge in [0.1, 0.15) is 5.75 Å². The van der Waals surface area contributed by atoms with Crippen molar-refractivity contribution < 1.29 is 19.4 Å². The summed E-state index contributed by atoms with van der Waals surface area (Å²) >= 11 is 0. The summed E-state index contributed by atoms with van der Waals surface area (Å²) in [5.74, 6) is 0.304. The number of hydrogen-bond acceptors (Lipinski definition) is 4. The molecule has 98 valence electrons. The minimum atomic E-state index is -0.630. The molecule has 4 heteroatoms. The molecule has 1 N–H and O–H groups in total. The summed E-state index contributed by atoms with van der Waals surface area (Å²) in [4.78, 5) is 11.5. The fraction of sp³-hybridized carbons (Fsp3) is 0.500. The molecule has 1 aromatic carbocycles. The number of benzene rings is 1. The molecule has 0 radical (unpaired) electrons. The van der Waals surface area contributed by atoms with Crippen LogP contribution in [0.2, 0.25) is 0 Å². The van der Waals surface area contributed by atoms with Crippen LogP contribution >= 0.6 is 0 Å². The molecule has 1 aromatic rings. The van der Waals surface area contributed by atoms with E-state index in [-0.39, 0.29) is 5.97 Å². The number of aliphatic hydroxyl groups excluding tert-OH is 1. The van der Waals surface area contributed by atoms with E-state index in [0.29, 0.717) is 18.8 Å². The van der Waals surface area contributed by atoms with Crippen molar-refractivity contribution in [3.63, 3.8) is 0 Å². The fourth-order valence-electron chi connectivity index (χ4n) is 2.21. The highest BCUT2D eigenvalue weighted by Crippen LogP contribution is 2.37. The number of ether oxygens (including phenoxy) is 2. The summed E-state index contributed by atoms with van der Waals surface area (Å²) < 4.78 is 10.5. The van der Waals surface area contributed by atoms with Crippen molar-refractivity contribution in [1.29, 1.82) is 0 Å². The van der Waals surface area contributed by atoms with E-state index in [1.807, 2.05) is 18.2 Å². The number of fused-ring (bicyclic) bond motifs is 1. The zero-order chi connectivity index (χ0) is 13.1. The highest BCUT2D eigenvalue weighted by Gasteiger charge is 2.25. The van der Waals surface area contributed by atoms with Gasteiger partial charge < -0.3 is 14.6 Å². The van der Waals surface area contributed by atoms with E-state index in [0.717, 1.165) is 17.5 Å². The Bertz CT molecular complexity index is 441. The van der Waals surface area contributed by atoms with Crippen molar-refractivity contribution in [2.75, 3.05) is 6.61 Å². The molecule has 4 nitrogen and oxygen atoms in total. The van der Waals surface area contributed by atoms with E-state index in [4.69, 9.17) is 9.47 Å². The van der Waals surface area contributed by atoms with E-state index in [2.05, 4.69) is 0 Å². The molecule has 2 atom stereocenters. The smallest absolute Gasteiger partial charge is 0.347 e. The Labute approximate surface area is 107 Å². The SMILES string of the molecule is CCOC(=O)[C@H](C)Oc1cccc2c1CC[C@H]2O. The molecule has 0 unspecified atom stereocenters.